The van der Waals surface area contributed by atoms with Gasteiger partial charge in [-0.05, 0) is 38.9 Å². The van der Waals surface area contributed by atoms with E-state index in [4.69, 9.17) is 5.73 Å². The number of likely N-dealkylation sites (N-methyl/N-ethyl adjacent to an activating group) is 1. The lowest BCUT2D eigenvalue weighted by Gasteiger charge is -2.35. The number of nitrogens with two attached hydrogens (primary N) is 1. The van der Waals surface area contributed by atoms with Crippen molar-refractivity contribution in [1.82, 2.24) is 19.5 Å². The first-order valence-electron chi connectivity index (χ1n) is 6.43. The minimum absolute atomic E-state index is 0.294. The lowest BCUT2D eigenvalue weighted by atomic mass is 9.97. The Bertz CT molecular complexity index is 562. The quantitative estimate of drug-likeness (QED) is 0.818. The summed E-state index contributed by atoms with van der Waals surface area (Å²) in [6.45, 7) is 2.87. The summed E-state index contributed by atoms with van der Waals surface area (Å²) in [4.78, 5) is 6.74. The van der Waals surface area contributed by atoms with E-state index in [2.05, 4.69) is 34.2 Å². The molecule has 2 aromatic heterocycles. The van der Waals surface area contributed by atoms with E-state index in [1.165, 1.54) is 5.69 Å². The third-order valence-corrected chi connectivity index (χ3v) is 3.70. The van der Waals surface area contributed by atoms with Crippen molar-refractivity contribution < 1.29 is 0 Å². The van der Waals surface area contributed by atoms with Crippen LogP contribution in [-0.2, 0) is 0 Å². The Morgan fingerprint density at radius 3 is 2.94 bits per heavy atom. The van der Waals surface area contributed by atoms with Crippen molar-refractivity contribution in [3.63, 3.8) is 0 Å². The molecular weight excluding hydrogens is 226 g/mol. The van der Waals surface area contributed by atoms with Crippen molar-refractivity contribution in [3.05, 3.63) is 29.7 Å². The Morgan fingerprint density at radius 1 is 1.33 bits per heavy atom. The van der Waals surface area contributed by atoms with Gasteiger partial charge in [-0.3, -0.25) is 4.90 Å². The Morgan fingerprint density at radius 2 is 2.17 bits per heavy atom. The maximum atomic E-state index is 6.01. The van der Waals surface area contributed by atoms with E-state index in [1.807, 2.05) is 17.5 Å². The number of aryl methyl sites for hydroxylation is 1. The number of nitrogens with zero attached hydrogens (tertiary/aromatic N) is 4. The molecule has 2 aromatic rings. The zero-order chi connectivity index (χ0) is 12.7. The Kier molecular flexibility index (Phi) is 2.80. The van der Waals surface area contributed by atoms with Gasteiger partial charge >= 0.3 is 0 Å². The van der Waals surface area contributed by atoms with Crippen LogP contribution in [0.2, 0.25) is 0 Å². The Hall–Kier alpha value is -1.46. The highest BCUT2D eigenvalue weighted by Crippen LogP contribution is 2.29. The van der Waals surface area contributed by atoms with E-state index in [9.17, 15) is 0 Å². The van der Waals surface area contributed by atoms with E-state index in [-0.39, 0.29) is 0 Å². The summed E-state index contributed by atoms with van der Waals surface area (Å²) in [7, 11) is 2.13. The molecule has 2 unspecified atom stereocenters. The van der Waals surface area contributed by atoms with Crippen LogP contribution in [0.3, 0.4) is 0 Å². The van der Waals surface area contributed by atoms with Crippen LogP contribution in [0.4, 0.5) is 0 Å². The summed E-state index contributed by atoms with van der Waals surface area (Å²) in [5.74, 6) is 0.817. The summed E-state index contributed by atoms with van der Waals surface area (Å²) in [6, 6.07) is 6.87. The summed E-state index contributed by atoms with van der Waals surface area (Å²) >= 11 is 0. The molecule has 3 heterocycles. The largest absolute Gasteiger partial charge is 0.327 e. The van der Waals surface area contributed by atoms with Crippen LogP contribution in [-0.4, -0.2) is 39.1 Å². The molecule has 1 fully saturated rings. The molecule has 1 saturated heterocycles. The number of rotatable bonds is 1. The van der Waals surface area contributed by atoms with Gasteiger partial charge in [0.05, 0.1) is 11.7 Å². The average molecular weight is 245 g/mol. The number of pyridine rings is 1. The molecule has 1 aliphatic rings. The molecule has 0 amide bonds. The third-order valence-electron chi connectivity index (χ3n) is 3.70. The van der Waals surface area contributed by atoms with Crippen molar-refractivity contribution >= 4 is 5.65 Å². The molecule has 0 saturated carbocycles. The van der Waals surface area contributed by atoms with Gasteiger partial charge in [0, 0.05) is 12.6 Å². The summed E-state index contributed by atoms with van der Waals surface area (Å²) in [5, 5.41) is 4.49. The highest BCUT2D eigenvalue weighted by Gasteiger charge is 2.26. The second-order valence-electron chi connectivity index (χ2n) is 5.17. The fraction of sp³-hybridized carbons (Fsp3) is 0.538. The Labute approximate surface area is 107 Å². The number of piperidine rings is 1. The summed E-state index contributed by atoms with van der Waals surface area (Å²) in [5.41, 5.74) is 8.14. The molecule has 3 rings (SSSR count). The van der Waals surface area contributed by atoms with E-state index in [0.29, 0.717) is 12.1 Å². The summed E-state index contributed by atoms with van der Waals surface area (Å²) < 4.78 is 1.97. The van der Waals surface area contributed by atoms with Gasteiger partial charge in [0.25, 0.3) is 0 Å². The monoisotopic (exact) mass is 245 g/mol. The molecule has 0 spiro atoms. The predicted molar refractivity (Wildman–Crippen MR) is 70.3 cm³/mol. The average Bonchev–Trinajstić information content (AvgIpc) is 2.69. The fourth-order valence-corrected chi connectivity index (χ4v) is 2.84. The molecule has 5 heteroatoms. The van der Waals surface area contributed by atoms with Crippen molar-refractivity contribution in [3.8, 4) is 0 Å². The molecule has 0 bridgehead atoms. The minimum atomic E-state index is 0.294. The molecule has 5 nitrogen and oxygen atoms in total. The molecule has 18 heavy (non-hydrogen) atoms. The number of likely N-dealkylation sites (tertiary alicyclic amines) is 1. The molecule has 2 N–H and O–H groups in total. The van der Waals surface area contributed by atoms with Gasteiger partial charge in [0.1, 0.15) is 5.82 Å². The predicted octanol–water partition coefficient (Wildman–Crippen LogP) is 1.13. The van der Waals surface area contributed by atoms with Crippen LogP contribution in [0.15, 0.2) is 18.2 Å². The van der Waals surface area contributed by atoms with Crippen LogP contribution in [0.25, 0.3) is 5.65 Å². The van der Waals surface area contributed by atoms with E-state index in [1.54, 1.807) is 0 Å². The molecule has 2 atom stereocenters. The van der Waals surface area contributed by atoms with E-state index >= 15 is 0 Å². The van der Waals surface area contributed by atoms with Crippen molar-refractivity contribution in [2.45, 2.75) is 31.8 Å². The van der Waals surface area contributed by atoms with Crippen LogP contribution < -0.4 is 5.73 Å². The maximum Gasteiger partial charge on any atom is 0.155 e. The third kappa shape index (κ3) is 1.89. The molecule has 1 aliphatic heterocycles. The topological polar surface area (TPSA) is 59.5 Å². The first kappa shape index (κ1) is 11.6. The fourth-order valence-electron chi connectivity index (χ4n) is 2.84. The van der Waals surface area contributed by atoms with Crippen molar-refractivity contribution in [2.24, 2.45) is 5.73 Å². The standard InChI is InChI=1S/C13H19N5/c1-9-15-13-5-3-4-12(18(13)16-9)11-7-6-10(14)8-17(11)2/h3-5,10-11H,6-8,14H2,1-2H3. The molecule has 0 radical (unpaired) electrons. The normalized spacial score (nSPS) is 25.7. The lowest BCUT2D eigenvalue weighted by molar-refractivity contribution is 0.164. The lowest BCUT2D eigenvalue weighted by Crippen LogP contribution is -2.42. The summed E-state index contributed by atoms with van der Waals surface area (Å²) in [6.07, 6.45) is 2.15. The molecular formula is C13H19N5. The van der Waals surface area contributed by atoms with Gasteiger partial charge in [0.15, 0.2) is 5.65 Å². The number of hydrogen-bond acceptors (Lipinski definition) is 4. The highest BCUT2D eigenvalue weighted by molar-refractivity contribution is 5.39. The van der Waals surface area contributed by atoms with E-state index in [0.717, 1.165) is 30.9 Å². The number of hydrogen-bond donors (Lipinski definition) is 1. The van der Waals surface area contributed by atoms with Crippen LogP contribution >= 0.6 is 0 Å². The highest BCUT2D eigenvalue weighted by atomic mass is 15.3. The van der Waals surface area contributed by atoms with Crippen LogP contribution in [0.5, 0.6) is 0 Å². The first-order valence-corrected chi connectivity index (χ1v) is 6.43. The number of aromatic nitrogens is 3. The second-order valence-corrected chi connectivity index (χ2v) is 5.17. The zero-order valence-electron chi connectivity index (χ0n) is 10.9. The first-order chi connectivity index (χ1) is 8.65. The van der Waals surface area contributed by atoms with Gasteiger partial charge in [-0.2, -0.15) is 5.10 Å². The Balaban J connectivity index is 2.03. The van der Waals surface area contributed by atoms with Gasteiger partial charge in [0.2, 0.25) is 0 Å². The minimum Gasteiger partial charge on any atom is -0.327 e. The second kappa shape index (κ2) is 4.33. The molecule has 96 valence electrons. The van der Waals surface area contributed by atoms with Gasteiger partial charge in [-0.1, -0.05) is 6.07 Å². The van der Waals surface area contributed by atoms with Crippen LogP contribution in [0.1, 0.15) is 30.4 Å². The maximum absolute atomic E-state index is 6.01. The zero-order valence-corrected chi connectivity index (χ0v) is 10.9. The van der Waals surface area contributed by atoms with Crippen LogP contribution in [0, 0.1) is 6.92 Å². The number of fused-ring (bicyclic) bond motifs is 1. The van der Waals surface area contributed by atoms with Gasteiger partial charge in [-0.25, -0.2) is 9.50 Å². The van der Waals surface area contributed by atoms with E-state index < -0.39 is 0 Å². The van der Waals surface area contributed by atoms with Gasteiger partial charge < -0.3 is 5.73 Å². The van der Waals surface area contributed by atoms with Gasteiger partial charge in [-0.15, -0.1) is 0 Å². The molecule has 0 aliphatic carbocycles. The van der Waals surface area contributed by atoms with Crippen molar-refractivity contribution in [1.29, 1.82) is 0 Å². The smallest absolute Gasteiger partial charge is 0.155 e. The van der Waals surface area contributed by atoms with Crippen molar-refractivity contribution in [2.75, 3.05) is 13.6 Å². The SMILES string of the molecule is Cc1nc2cccc(C3CCC(N)CN3C)n2n1. The molecule has 0 aromatic carbocycles.